The van der Waals surface area contributed by atoms with Crippen molar-refractivity contribution in [1.82, 2.24) is 40.1 Å². The van der Waals surface area contributed by atoms with Gasteiger partial charge in [-0.1, -0.05) is 19.9 Å². The number of nitrogens with one attached hydrogen (secondary N) is 2. The third kappa shape index (κ3) is 8.34. The van der Waals surface area contributed by atoms with Crippen molar-refractivity contribution in [2.45, 2.75) is 91.1 Å². The number of nitrogens with zero attached hydrogens (tertiary/aromatic N) is 6. The first kappa shape index (κ1) is 40.5. The largest absolute Gasteiger partial charge is 0.464 e. The minimum atomic E-state index is -0.976. The maximum absolute atomic E-state index is 14.3. The highest BCUT2D eigenvalue weighted by Gasteiger charge is 2.38. The number of pyridine rings is 1. The van der Waals surface area contributed by atoms with E-state index in [0.29, 0.717) is 50.4 Å². The van der Waals surface area contributed by atoms with Gasteiger partial charge in [0.1, 0.15) is 18.1 Å². The predicted octanol–water partition coefficient (Wildman–Crippen LogP) is 4.37. The van der Waals surface area contributed by atoms with E-state index in [1.54, 1.807) is 18.2 Å². The van der Waals surface area contributed by atoms with Crippen LogP contribution in [0.4, 0.5) is 0 Å². The molecule has 3 aliphatic heterocycles. The highest BCUT2D eigenvalue weighted by molar-refractivity contribution is 7.10. The number of hydrazine groups is 1. The van der Waals surface area contributed by atoms with Gasteiger partial charge in [0.05, 0.1) is 34.8 Å². The van der Waals surface area contributed by atoms with E-state index in [2.05, 4.69) is 60.3 Å². The number of rotatable bonds is 6. The summed E-state index contributed by atoms with van der Waals surface area (Å²) in [6.07, 6.45) is 3.39. The standard InChI is InChI=1S/C42H54N8O6S/c1-8-49-34-14-13-27-19-29(34)30(38(49)28-11-9-15-43-37(28)25(2)55-7)21-42(4,5)24-56-41(54)31-12-10-16-50(46-31)40(53)32(20-36-44-33(27)23-57-36)45-39(52)35-22-48(26(3)51)18-17-47(35)6/h9,11,13-15,19,23,25,31-32,35,46H,8,10,12,16-18,20-22,24H2,1-7H3,(H,45,52)/t25-,31-,32-,35+/m0/s1. The van der Waals surface area contributed by atoms with Crippen LogP contribution in [0.3, 0.4) is 0 Å². The van der Waals surface area contributed by atoms with Gasteiger partial charge >= 0.3 is 5.97 Å². The molecule has 3 amide bonds. The number of carbonyl (C=O) groups is 4. The van der Waals surface area contributed by atoms with Crippen molar-refractivity contribution in [3.05, 3.63) is 58.2 Å². The van der Waals surface area contributed by atoms with E-state index in [1.807, 2.05) is 30.3 Å². The molecule has 6 heterocycles. The summed E-state index contributed by atoms with van der Waals surface area (Å²) in [7, 11) is 3.54. The lowest BCUT2D eigenvalue weighted by Gasteiger charge is -2.39. The molecule has 0 saturated carbocycles. The molecule has 2 fully saturated rings. The molecule has 2 saturated heterocycles. The van der Waals surface area contributed by atoms with Gasteiger partial charge in [0.25, 0.3) is 5.91 Å². The Hall–Kier alpha value is -4.70. The summed E-state index contributed by atoms with van der Waals surface area (Å²) in [5.74, 6) is -1.24. The third-order valence-electron chi connectivity index (χ3n) is 11.6. The molecular weight excluding hydrogens is 745 g/mol. The molecule has 0 spiro atoms. The van der Waals surface area contributed by atoms with Crippen molar-refractivity contribution in [3.8, 4) is 22.5 Å². The van der Waals surface area contributed by atoms with E-state index < -0.39 is 29.5 Å². The van der Waals surface area contributed by atoms with Crippen molar-refractivity contribution in [2.75, 3.05) is 46.9 Å². The van der Waals surface area contributed by atoms with Crippen molar-refractivity contribution in [3.63, 3.8) is 0 Å². The van der Waals surface area contributed by atoms with Gasteiger partial charge in [0, 0.05) is 92.2 Å². The number of benzene rings is 1. The number of carbonyl (C=O) groups excluding carboxylic acids is 4. The first-order valence-electron chi connectivity index (χ1n) is 19.9. The zero-order valence-corrected chi connectivity index (χ0v) is 34.8. The molecular formula is C42H54N8O6S. The van der Waals surface area contributed by atoms with E-state index in [4.69, 9.17) is 19.4 Å². The highest BCUT2D eigenvalue weighted by atomic mass is 32.1. The van der Waals surface area contributed by atoms with E-state index in [0.717, 1.165) is 44.7 Å². The Balaban J connectivity index is 1.32. The lowest BCUT2D eigenvalue weighted by Crippen LogP contribution is -2.63. The molecule has 4 atom stereocenters. The fourth-order valence-corrected chi connectivity index (χ4v) is 9.13. The van der Waals surface area contributed by atoms with Gasteiger partial charge in [-0.05, 0) is 70.0 Å². The normalized spacial score (nSPS) is 22.5. The molecule has 1 aromatic carbocycles. The summed E-state index contributed by atoms with van der Waals surface area (Å²) < 4.78 is 14.2. The van der Waals surface area contributed by atoms with Crippen LogP contribution in [-0.4, -0.2) is 118 Å². The summed E-state index contributed by atoms with van der Waals surface area (Å²) in [5.41, 5.74) is 9.44. The molecule has 7 rings (SSSR count). The van der Waals surface area contributed by atoms with Crippen molar-refractivity contribution in [2.24, 2.45) is 5.41 Å². The third-order valence-corrected chi connectivity index (χ3v) is 12.4. The summed E-state index contributed by atoms with van der Waals surface area (Å²) in [5, 5.41) is 8.22. The van der Waals surface area contributed by atoms with E-state index in [-0.39, 0.29) is 43.4 Å². The molecule has 0 unspecified atom stereocenters. The summed E-state index contributed by atoms with van der Waals surface area (Å²) in [4.78, 5) is 67.6. The number of methoxy groups -OCH3 is 1. The first-order chi connectivity index (χ1) is 27.3. The summed E-state index contributed by atoms with van der Waals surface area (Å²) in [6, 6.07) is 8.12. The van der Waals surface area contributed by atoms with Gasteiger partial charge in [-0.15, -0.1) is 11.3 Å². The minimum Gasteiger partial charge on any atom is -0.464 e. The van der Waals surface area contributed by atoms with E-state index in [9.17, 15) is 19.2 Å². The highest BCUT2D eigenvalue weighted by Crippen LogP contribution is 2.42. The number of likely N-dealkylation sites (N-methyl/N-ethyl adjacent to an activating group) is 1. The minimum absolute atomic E-state index is 0.0994. The Bertz CT molecular complexity index is 2160. The van der Waals surface area contributed by atoms with Crippen molar-refractivity contribution in [1.29, 1.82) is 0 Å². The van der Waals surface area contributed by atoms with Gasteiger partial charge < -0.3 is 24.3 Å². The number of aryl methyl sites for hydroxylation is 1. The Kier molecular flexibility index (Phi) is 11.8. The number of aromatic nitrogens is 3. The molecule has 0 radical (unpaired) electrons. The molecule has 14 nitrogen and oxygen atoms in total. The quantitative estimate of drug-likeness (QED) is 0.270. The summed E-state index contributed by atoms with van der Waals surface area (Å²) in [6.45, 7) is 12.4. The lowest BCUT2D eigenvalue weighted by atomic mass is 9.84. The Morgan fingerprint density at radius 3 is 2.74 bits per heavy atom. The van der Waals surface area contributed by atoms with Gasteiger partial charge in [-0.3, -0.25) is 34.1 Å². The van der Waals surface area contributed by atoms with E-state index in [1.165, 1.54) is 23.3 Å². The molecule has 2 N–H and O–H groups in total. The zero-order valence-electron chi connectivity index (χ0n) is 34.0. The second-order valence-corrected chi connectivity index (χ2v) is 17.2. The van der Waals surface area contributed by atoms with Gasteiger partial charge in [-0.25, -0.2) is 10.4 Å². The lowest BCUT2D eigenvalue weighted by molar-refractivity contribution is -0.155. The number of amides is 3. The van der Waals surface area contributed by atoms with E-state index >= 15 is 0 Å². The van der Waals surface area contributed by atoms with Crippen LogP contribution in [-0.2, 0) is 48.0 Å². The van der Waals surface area contributed by atoms with Gasteiger partial charge in [0.2, 0.25) is 11.8 Å². The number of esters is 1. The maximum atomic E-state index is 14.3. The molecule has 6 bridgehead atoms. The number of fused-ring (bicyclic) bond motifs is 6. The molecule has 57 heavy (non-hydrogen) atoms. The van der Waals surface area contributed by atoms with Gasteiger partial charge in [0.15, 0.2) is 0 Å². The Labute approximate surface area is 337 Å². The number of hydrogen-bond donors (Lipinski definition) is 2. The smallest absolute Gasteiger partial charge is 0.324 e. The predicted molar refractivity (Wildman–Crippen MR) is 218 cm³/mol. The van der Waals surface area contributed by atoms with Gasteiger partial charge in [-0.2, -0.15) is 0 Å². The van der Waals surface area contributed by atoms with Crippen LogP contribution in [0.1, 0.15) is 69.8 Å². The van der Waals surface area contributed by atoms with Crippen LogP contribution in [0, 0.1) is 5.41 Å². The van der Waals surface area contributed by atoms with Crippen LogP contribution >= 0.6 is 11.3 Å². The molecule has 4 aromatic rings. The average molecular weight is 799 g/mol. The number of hydrogen-bond acceptors (Lipinski definition) is 11. The molecule has 304 valence electrons. The van der Waals surface area contributed by atoms with Crippen molar-refractivity contribution >= 4 is 45.9 Å². The molecule has 3 aliphatic rings. The topological polar surface area (TPSA) is 151 Å². The fraction of sp³-hybridized carbons (Fsp3) is 0.524. The number of cyclic esters (lactones) is 1. The second-order valence-electron chi connectivity index (χ2n) is 16.2. The molecule has 15 heteroatoms. The zero-order chi connectivity index (χ0) is 40.6. The fourth-order valence-electron chi connectivity index (χ4n) is 8.27. The maximum Gasteiger partial charge on any atom is 0.324 e. The number of thiazole rings is 1. The SMILES string of the molecule is CCn1c(-c2cccnc2[C@H](C)OC)c2c3cc(ccc31)-c1csc(n1)C[C@H](NC(=O)[C@H]1CN(C(C)=O)CCN1C)C(=O)N1CCC[C@H](N1)C(=O)OCC(C)(C)C2. The monoisotopic (exact) mass is 798 g/mol. The Morgan fingerprint density at radius 2 is 1.98 bits per heavy atom. The van der Waals surface area contributed by atoms with Crippen molar-refractivity contribution < 1.29 is 28.7 Å². The number of piperazine rings is 1. The second kappa shape index (κ2) is 16.6. The van der Waals surface area contributed by atoms with Crippen LogP contribution in [0.25, 0.3) is 33.4 Å². The molecule has 3 aromatic heterocycles. The first-order valence-corrected chi connectivity index (χ1v) is 20.7. The summed E-state index contributed by atoms with van der Waals surface area (Å²) >= 11 is 1.44. The molecule has 0 aliphatic carbocycles. The number of ether oxygens (including phenoxy) is 2. The average Bonchev–Trinajstić information content (AvgIpc) is 3.80. The Morgan fingerprint density at radius 1 is 1.18 bits per heavy atom. The van der Waals surface area contributed by atoms with Crippen LogP contribution in [0.2, 0.25) is 0 Å². The van der Waals surface area contributed by atoms with Crippen LogP contribution < -0.4 is 10.7 Å². The van der Waals surface area contributed by atoms with Crippen LogP contribution in [0.5, 0.6) is 0 Å². The van der Waals surface area contributed by atoms with Crippen LogP contribution in [0.15, 0.2) is 41.9 Å².